The first-order chi connectivity index (χ1) is 15.0. The van der Waals surface area contributed by atoms with E-state index in [9.17, 15) is 9.59 Å². The van der Waals surface area contributed by atoms with Gasteiger partial charge in [0.2, 0.25) is 0 Å². The maximum absolute atomic E-state index is 13.5. The number of ether oxygens (including phenoxy) is 2. The fraction of sp³-hybridized carbons (Fsp3) is 0.208. The molecule has 0 unspecified atom stereocenters. The quantitative estimate of drug-likeness (QED) is 0.579. The van der Waals surface area contributed by atoms with Crippen molar-refractivity contribution in [2.75, 3.05) is 13.7 Å². The molecule has 0 aliphatic carbocycles. The summed E-state index contributed by atoms with van der Waals surface area (Å²) < 4.78 is 12.8. The molecule has 31 heavy (non-hydrogen) atoms. The molecule has 0 spiro atoms. The molecule has 1 aliphatic rings. The second-order valence-corrected chi connectivity index (χ2v) is 7.96. The first kappa shape index (κ1) is 20.8. The molecular formula is C24H22N2O4S. The van der Waals surface area contributed by atoms with E-state index in [1.54, 1.807) is 31.6 Å². The van der Waals surface area contributed by atoms with Gasteiger partial charge in [-0.3, -0.25) is 9.36 Å². The molecule has 0 bridgehead atoms. The van der Waals surface area contributed by atoms with Crippen molar-refractivity contribution >= 4 is 23.4 Å². The lowest BCUT2D eigenvalue weighted by atomic mass is 9.96. The molecule has 7 heteroatoms. The van der Waals surface area contributed by atoms with E-state index >= 15 is 0 Å². The number of para-hydroxylation sites is 1. The average Bonchev–Trinajstić information content (AvgIpc) is 3.08. The van der Waals surface area contributed by atoms with Crippen LogP contribution in [0.1, 0.15) is 31.0 Å². The van der Waals surface area contributed by atoms with Gasteiger partial charge in [0, 0.05) is 5.56 Å². The largest absolute Gasteiger partial charge is 0.496 e. The standard InChI is InChI=1S/C24H22N2O4S/c1-4-30-23(28)20-15(2)25-24-26(21(20)16-10-6-5-7-11-16)22(27)19(31-24)14-17-12-8-9-13-18(17)29-3/h5-14,21H,4H2,1-3H3/b19-14-/t21-/m1/s1. The molecule has 1 atom stereocenters. The van der Waals surface area contributed by atoms with Crippen LogP contribution < -0.4 is 19.6 Å². The molecular weight excluding hydrogens is 412 g/mol. The third-order valence-corrected chi connectivity index (χ3v) is 6.04. The molecule has 0 N–H and O–H groups in total. The zero-order valence-electron chi connectivity index (χ0n) is 17.5. The third kappa shape index (κ3) is 3.84. The van der Waals surface area contributed by atoms with Gasteiger partial charge < -0.3 is 9.47 Å². The normalized spacial score (nSPS) is 16.0. The highest BCUT2D eigenvalue weighted by Crippen LogP contribution is 2.30. The summed E-state index contributed by atoms with van der Waals surface area (Å²) >= 11 is 1.29. The van der Waals surface area contributed by atoms with Crippen molar-refractivity contribution in [1.29, 1.82) is 0 Å². The fourth-order valence-corrected chi connectivity index (χ4v) is 4.71. The Labute approximate surface area is 183 Å². The Bertz CT molecular complexity index is 1340. The summed E-state index contributed by atoms with van der Waals surface area (Å²) in [4.78, 5) is 31.4. The number of methoxy groups -OCH3 is 1. The van der Waals surface area contributed by atoms with Crippen molar-refractivity contribution in [3.63, 3.8) is 0 Å². The number of thiazole rings is 1. The van der Waals surface area contributed by atoms with Crippen LogP contribution in [0.3, 0.4) is 0 Å². The summed E-state index contributed by atoms with van der Waals surface area (Å²) in [6, 6.07) is 16.4. The lowest BCUT2D eigenvalue weighted by Crippen LogP contribution is -2.39. The molecule has 0 amide bonds. The van der Waals surface area contributed by atoms with E-state index in [1.807, 2.05) is 54.6 Å². The SMILES string of the molecule is CCOC(=O)C1=C(C)N=c2s/c(=C\c3ccccc3OC)c(=O)n2[C@@H]1c1ccccc1. The number of esters is 1. The molecule has 4 rings (SSSR count). The van der Waals surface area contributed by atoms with Crippen LogP contribution in [0.4, 0.5) is 0 Å². The van der Waals surface area contributed by atoms with E-state index in [0.29, 0.717) is 26.4 Å². The van der Waals surface area contributed by atoms with Gasteiger partial charge in [-0.2, -0.15) is 0 Å². The van der Waals surface area contributed by atoms with Crippen molar-refractivity contribution in [1.82, 2.24) is 4.57 Å². The Morgan fingerprint density at radius 1 is 1.16 bits per heavy atom. The van der Waals surface area contributed by atoms with Crippen LogP contribution in [0.5, 0.6) is 5.75 Å². The molecule has 2 aromatic carbocycles. The van der Waals surface area contributed by atoms with Gasteiger partial charge in [0.1, 0.15) is 5.75 Å². The van der Waals surface area contributed by atoms with Gasteiger partial charge in [0.25, 0.3) is 5.56 Å². The topological polar surface area (TPSA) is 69.9 Å². The lowest BCUT2D eigenvalue weighted by Gasteiger charge is -2.24. The second-order valence-electron chi connectivity index (χ2n) is 6.95. The van der Waals surface area contributed by atoms with Crippen LogP contribution >= 0.6 is 11.3 Å². The van der Waals surface area contributed by atoms with Gasteiger partial charge >= 0.3 is 5.97 Å². The number of allylic oxidation sites excluding steroid dienone is 1. The minimum Gasteiger partial charge on any atom is -0.496 e. The van der Waals surface area contributed by atoms with Gasteiger partial charge in [0.05, 0.1) is 35.6 Å². The minimum absolute atomic E-state index is 0.210. The molecule has 0 saturated heterocycles. The van der Waals surface area contributed by atoms with Gasteiger partial charge in [-0.05, 0) is 31.6 Å². The van der Waals surface area contributed by atoms with Gasteiger partial charge in [-0.15, -0.1) is 0 Å². The Kier molecular flexibility index (Phi) is 5.86. The first-order valence-corrected chi connectivity index (χ1v) is 10.7. The van der Waals surface area contributed by atoms with Crippen molar-refractivity contribution in [2.45, 2.75) is 19.9 Å². The summed E-state index contributed by atoms with van der Waals surface area (Å²) in [5.41, 5.74) is 2.34. The zero-order chi connectivity index (χ0) is 22.0. The smallest absolute Gasteiger partial charge is 0.338 e. The van der Waals surface area contributed by atoms with Crippen molar-refractivity contribution in [3.05, 3.63) is 96.7 Å². The number of rotatable bonds is 5. The highest BCUT2D eigenvalue weighted by Gasteiger charge is 2.33. The van der Waals surface area contributed by atoms with Crippen LogP contribution in [-0.4, -0.2) is 24.3 Å². The number of benzene rings is 2. The molecule has 0 fully saturated rings. The Balaban J connectivity index is 1.97. The van der Waals surface area contributed by atoms with E-state index in [1.165, 1.54) is 11.3 Å². The van der Waals surface area contributed by atoms with Crippen LogP contribution in [0.15, 0.2) is 75.7 Å². The number of nitrogens with zero attached hydrogens (tertiary/aromatic N) is 2. The Hall–Kier alpha value is -3.45. The molecule has 3 aromatic rings. The summed E-state index contributed by atoms with van der Waals surface area (Å²) in [5.74, 6) is 0.216. The van der Waals surface area contributed by atoms with Gasteiger partial charge in [-0.25, -0.2) is 9.79 Å². The monoisotopic (exact) mass is 434 g/mol. The van der Waals surface area contributed by atoms with Crippen LogP contribution in [-0.2, 0) is 9.53 Å². The molecule has 0 saturated carbocycles. The van der Waals surface area contributed by atoms with Crippen molar-refractivity contribution in [3.8, 4) is 5.75 Å². The van der Waals surface area contributed by atoms with Gasteiger partial charge in [0.15, 0.2) is 4.80 Å². The molecule has 0 radical (unpaired) electrons. The van der Waals surface area contributed by atoms with Crippen LogP contribution in [0.25, 0.3) is 6.08 Å². The predicted octanol–water partition coefficient (Wildman–Crippen LogP) is 2.81. The highest BCUT2D eigenvalue weighted by atomic mass is 32.1. The fourth-order valence-electron chi connectivity index (χ4n) is 3.67. The summed E-state index contributed by atoms with van der Waals surface area (Å²) in [7, 11) is 1.60. The van der Waals surface area contributed by atoms with E-state index in [-0.39, 0.29) is 12.2 Å². The van der Waals surface area contributed by atoms with Crippen molar-refractivity contribution < 1.29 is 14.3 Å². The number of aromatic nitrogens is 1. The number of hydrogen-bond donors (Lipinski definition) is 0. The van der Waals surface area contributed by atoms with E-state index in [2.05, 4.69) is 4.99 Å². The number of carbonyl (C=O) groups is 1. The third-order valence-electron chi connectivity index (χ3n) is 5.06. The van der Waals surface area contributed by atoms with Crippen LogP contribution in [0, 0.1) is 0 Å². The predicted molar refractivity (Wildman–Crippen MR) is 120 cm³/mol. The number of carbonyl (C=O) groups excluding carboxylic acids is 1. The molecule has 6 nitrogen and oxygen atoms in total. The van der Waals surface area contributed by atoms with Crippen molar-refractivity contribution in [2.24, 2.45) is 4.99 Å². The van der Waals surface area contributed by atoms with E-state index in [4.69, 9.17) is 9.47 Å². The van der Waals surface area contributed by atoms with E-state index in [0.717, 1.165) is 11.1 Å². The zero-order valence-corrected chi connectivity index (χ0v) is 18.3. The van der Waals surface area contributed by atoms with Crippen LogP contribution in [0.2, 0.25) is 0 Å². The minimum atomic E-state index is -0.601. The number of hydrogen-bond acceptors (Lipinski definition) is 6. The maximum atomic E-state index is 13.5. The Morgan fingerprint density at radius 2 is 1.87 bits per heavy atom. The highest BCUT2D eigenvalue weighted by molar-refractivity contribution is 7.07. The Morgan fingerprint density at radius 3 is 2.58 bits per heavy atom. The molecule has 2 heterocycles. The first-order valence-electron chi connectivity index (χ1n) is 9.92. The van der Waals surface area contributed by atoms with Gasteiger partial charge in [-0.1, -0.05) is 59.9 Å². The van der Waals surface area contributed by atoms with E-state index < -0.39 is 12.0 Å². The lowest BCUT2D eigenvalue weighted by molar-refractivity contribution is -0.139. The second kappa shape index (κ2) is 8.73. The summed E-state index contributed by atoms with van der Waals surface area (Å²) in [6.45, 7) is 3.78. The molecule has 1 aromatic heterocycles. The average molecular weight is 435 g/mol. The number of fused-ring (bicyclic) bond motifs is 1. The maximum Gasteiger partial charge on any atom is 0.338 e. The molecule has 158 valence electrons. The summed E-state index contributed by atoms with van der Waals surface area (Å²) in [5, 5.41) is 0. The molecule has 1 aliphatic heterocycles. The summed E-state index contributed by atoms with van der Waals surface area (Å²) in [6.07, 6.45) is 1.80.